The van der Waals surface area contributed by atoms with Crippen molar-refractivity contribution in [3.63, 3.8) is 0 Å². The molecule has 0 saturated carbocycles. The van der Waals surface area contributed by atoms with Crippen LogP contribution in [0.2, 0.25) is 5.02 Å². The van der Waals surface area contributed by atoms with E-state index in [2.05, 4.69) is 4.98 Å². The predicted octanol–water partition coefficient (Wildman–Crippen LogP) is 1.52. The van der Waals surface area contributed by atoms with Crippen LogP contribution in [-0.2, 0) is 4.79 Å². The van der Waals surface area contributed by atoms with E-state index in [-0.39, 0.29) is 0 Å². The van der Waals surface area contributed by atoms with Gasteiger partial charge in [0.1, 0.15) is 16.9 Å². The Morgan fingerprint density at radius 2 is 2.47 bits per heavy atom. The molecule has 1 fully saturated rings. The Morgan fingerprint density at radius 3 is 3.06 bits per heavy atom. The van der Waals surface area contributed by atoms with Crippen LogP contribution in [0.4, 0.5) is 5.82 Å². The van der Waals surface area contributed by atoms with E-state index in [1.54, 1.807) is 0 Å². The zero-order chi connectivity index (χ0) is 12.4. The number of pyridine rings is 1. The monoisotopic (exact) mass is 251 g/mol. The molecule has 0 bridgehead atoms. The van der Waals surface area contributed by atoms with E-state index in [9.17, 15) is 4.79 Å². The summed E-state index contributed by atoms with van der Waals surface area (Å²) in [4.78, 5) is 16.8. The van der Waals surface area contributed by atoms with Gasteiger partial charge in [-0.05, 0) is 12.5 Å². The van der Waals surface area contributed by atoms with Crippen molar-refractivity contribution in [1.29, 1.82) is 5.26 Å². The highest BCUT2D eigenvalue weighted by molar-refractivity contribution is 6.34. The van der Waals surface area contributed by atoms with Gasteiger partial charge >= 0.3 is 5.97 Å². The van der Waals surface area contributed by atoms with E-state index in [0.717, 1.165) is 0 Å². The van der Waals surface area contributed by atoms with Crippen molar-refractivity contribution in [2.45, 2.75) is 6.42 Å². The summed E-state index contributed by atoms with van der Waals surface area (Å²) in [6.07, 6.45) is 2.08. The maximum atomic E-state index is 10.9. The van der Waals surface area contributed by atoms with Crippen molar-refractivity contribution in [2.75, 3.05) is 18.0 Å². The molecular formula is C11H10ClN3O2. The quantitative estimate of drug-likeness (QED) is 0.862. The Kier molecular flexibility index (Phi) is 3.16. The van der Waals surface area contributed by atoms with Gasteiger partial charge in [0, 0.05) is 19.3 Å². The molecule has 1 atom stereocenters. The molecule has 1 N–H and O–H groups in total. The van der Waals surface area contributed by atoms with Gasteiger partial charge in [-0.2, -0.15) is 5.26 Å². The summed E-state index contributed by atoms with van der Waals surface area (Å²) < 4.78 is 0. The minimum absolute atomic E-state index is 0.293. The third-order valence-electron chi connectivity index (χ3n) is 2.83. The average Bonchev–Trinajstić information content (AvgIpc) is 2.78. The zero-order valence-electron chi connectivity index (χ0n) is 8.93. The number of halogens is 1. The number of aliphatic carboxylic acids is 1. The fourth-order valence-electron chi connectivity index (χ4n) is 1.89. The second-order valence-corrected chi connectivity index (χ2v) is 4.26. The minimum atomic E-state index is -0.805. The van der Waals surface area contributed by atoms with Gasteiger partial charge in [-0.1, -0.05) is 11.6 Å². The summed E-state index contributed by atoms with van der Waals surface area (Å²) in [5.41, 5.74) is 0.357. The molecule has 2 rings (SSSR count). The maximum Gasteiger partial charge on any atom is 0.308 e. The number of anilines is 1. The summed E-state index contributed by atoms with van der Waals surface area (Å²) in [7, 11) is 0. The topological polar surface area (TPSA) is 77.2 Å². The normalized spacial score (nSPS) is 19.1. The standard InChI is InChI=1S/C11H10ClN3O2/c12-9-7(5-13)1-3-14-10(9)15-4-2-8(6-15)11(16)17/h1,3,8H,2,4,6H2,(H,16,17). The van der Waals surface area contributed by atoms with E-state index in [1.165, 1.54) is 12.3 Å². The Morgan fingerprint density at radius 1 is 1.71 bits per heavy atom. The van der Waals surface area contributed by atoms with Crippen LogP contribution in [0.1, 0.15) is 12.0 Å². The first-order chi connectivity index (χ1) is 8.13. The van der Waals surface area contributed by atoms with Gasteiger partial charge in [-0.3, -0.25) is 4.79 Å². The Labute approximate surface area is 103 Å². The smallest absolute Gasteiger partial charge is 0.308 e. The number of carboxylic acid groups (broad SMARTS) is 1. The lowest BCUT2D eigenvalue weighted by Crippen LogP contribution is -2.23. The molecule has 0 aliphatic carbocycles. The molecule has 0 aromatic carbocycles. The number of aromatic nitrogens is 1. The highest BCUT2D eigenvalue weighted by Crippen LogP contribution is 2.30. The second-order valence-electron chi connectivity index (χ2n) is 3.88. The van der Waals surface area contributed by atoms with Crippen LogP contribution in [-0.4, -0.2) is 29.1 Å². The van der Waals surface area contributed by atoms with Gasteiger partial charge in [0.15, 0.2) is 0 Å². The van der Waals surface area contributed by atoms with Gasteiger partial charge in [0.25, 0.3) is 0 Å². The predicted molar refractivity (Wildman–Crippen MR) is 61.9 cm³/mol. The molecule has 1 saturated heterocycles. The lowest BCUT2D eigenvalue weighted by Gasteiger charge is -2.18. The van der Waals surface area contributed by atoms with E-state index in [4.69, 9.17) is 22.0 Å². The molecule has 1 unspecified atom stereocenters. The number of nitriles is 1. The number of hydrogen-bond acceptors (Lipinski definition) is 4. The van der Waals surface area contributed by atoms with E-state index < -0.39 is 11.9 Å². The molecule has 0 radical (unpaired) electrons. The van der Waals surface area contributed by atoms with Crippen LogP contribution >= 0.6 is 11.6 Å². The van der Waals surface area contributed by atoms with Gasteiger partial charge < -0.3 is 10.0 Å². The molecule has 5 nitrogen and oxygen atoms in total. The summed E-state index contributed by atoms with van der Waals surface area (Å²) in [6.45, 7) is 0.982. The molecule has 1 aliphatic rings. The van der Waals surface area contributed by atoms with Crippen molar-refractivity contribution < 1.29 is 9.90 Å². The summed E-state index contributed by atoms with van der Waals surface area (Å²) in [5.74, 6) is -0.701. The highest BCUT2D eigenvalue weighted by atomic mass is 35.5. The molecule has 0 amide bonds. The number of hydrogen-bond donors (Lipinski definition) is 1. The highest BCUT2D eigenvalue weighted by Gasteiger charge is 2.30. The molecular weight excluding hydrogens is 242 g/mol. The first kappa shape index (κ1) is 11.7. The van der Waals surface area contributed by atoms with Crippen LogP contribution in [0.3, 0.4) is 0 Å². The van der Waals surface area contributed by atoms with Crippen LogP contribution in [0.5, 0.6) is 0 Å². The largest absolute Gasteiger partial charge is 0.481 e. The number of nitrogens with zero attached hydrogens (tertiary/aromatic N) is 3. The summed E-state index contributed by atoms with van der Waals surface area (Å²) in [5, 5.41) is 18.1. The van der Waals surface area contributed by atoms with Crippen LogP contribution in [0.15, 0.2) is 12.3 Å². The molecule has 1 aliphatic heterocycles. The van der Waals surface area contributed by atoms with Crippen LogP contribution < -0.4 is 4.90 Å². The second kappa shape index (κ2) is 4.60. The fraction of sp³-hybridized carbons (Fsp3) is 0.364. The first-order valence-corrected chi connectivity index (χ1v) is 5.53. The number of rotatable bonds is 2. The van der Waals surface area contributed by atoms with Gasteiger partial charge in [-0.25, -0.2) is 4.98 Å². The van der Waals surface area contributed by atoms with E-state index in [1.807, 2.05) is 11.0 Å². The molecule has 1 aromatic heterocycles. The SMILES string of the molecule is N#Cc1ccnc(N2CCC(C(=O)O)C2)c1Cl. The third-order valence-corrected chi connectivity index (χ3v) is 3.20. The Balaban J connectivity index is 2.25. The minimum Gasteiger partial charge on any atom is -0.481 e. The molecule has 2 heterocycles. The summed E-state index contributed by atoms with van der Waals surface area (Å²) >= 11 is 6.04. The Bertz CT molecular complexity index is 498. The molecule has 1 aromatic rings. The van der Waals surface area contributed by atoms with Gasteiger partial charge in [-0.15, -0.1) is 0 Å². The third kappa shape index (κ3) is 2.17. The van der Waals surface area contributed by atoms with E-state index in [0.29, 0.717) is 35.9 Å². The van der Waals surface area contributed by atoms with Gasteiger partial charge in [0.2, 0.25) is 0 Å². The van der Waals surface area contributed by atoms with Crippen LogP contribution in [0.25, 0.3) is 0 Å². The molecule has 0 spiro atoms. The van der Waals surface area contributed by atoms with Crippen molar-refractivity contribution in [2.24, 2.45) is 5.92 Å². The van der Waals surface area contributed by atoms with Gasteiger partial charge in [0.05, 0.1) is 11.5 Å². The first-order valence-electron chi connectivity index (χ1n) is 5.16. The van der Waals surface area contributed by atoms with Crippen molar-refractivity contribution in [1.82, 2.24) is 4.98 Å². The molecule has 17 heavy (non-hydrogen) atoms. The Hall–Kier alpha value is -1.80. The maximum absolute atomic E-state index is 10.9. The molecule has 88 valence electrons. The molecule has 6 heteroatoms. The van der Waals surface area contributed by atoms with Crippen molar-refractivity contribution >= 4 is 23.4 Å². The zero-order valence-corrected chi connectivity index (χ0v) is 9.68. The lowest BCUT2D eigenvalue weighted by molar-refractivity contribution is -0.140. The lowest BCUT2D eigenvalue weighted by atomic mass is 10.1. The number of carbonyl (C=O) groups is 1. The summed E-state index contributed by atoms with van der Waals surface area (Å²) in [6, 6.07) is 3.52. The average molecular weight is 252 g/mol. The van der Waals surface area contributed by atoms with Crippen molar-refractivity contribution in [3.8, 4) is 6.07 Å². The fourth-order valence-corrected chi connectivity index (χ4v) is 2.17. The van der Waals surface area contributed by atoms with Crippen molar-refractivity contribution in [3.05, 3.63) is 22.8 Å². The van der Waals surface area contributed by atoms with E-state index >= 15 is 0 Å². The van der Waals surface area contributed by atoms with Crippen LogP contribution in [0, 0.1) is 17.2 Å². The number of carboxylic acids is 1.